The first kappa shape index (κ1) is 30.2. The molecule has 2 bridgehead atoms. The Morgan fingerprint density at radius 2 is 1.91 bits per heavy atom. The summed E-state index contributed by atoms with van der Waals surface area (Å²) in [6.07, 6.45) is 3.72. The summed E-state index contributed by atoms with van der Waals surface area (Å²) in [5.74, 6) is 0.151. The van der Waals surface area contributed by atoms with Gasteiger partial charge in [-0.3, -0.25) is 19.2 Å². The first-order valence-corrected chi connectivity index (χ1v) is 15.4. The number of aryl methyl sites for hydroxylation is 2. The lowest BCUT2D eigenvalue weighted by Gasteiger charge is -2.23. The third kappa shape index (κ3) is 8.42. The summed E-state index contributed by atoms with van der Waals surface area (Å²) in [5, 5.41) is 14.7. The maximum atomic E-state index is 13.6. The van der Waals surface area contributed by atoms with E-state index in [-0.39, 0.29) is 5.91 Å². The molecule has 0 fully saturated rings. The number of amides is 2. The van der Waals surface area contributed by atoms with Crippen LogP contribution in [0.4, 0.5) is 0 Å². The van der Waals surface area contributed by atoms with E-state index < -0.39 is 11.9 Å². The summed E-state index contributed by atoms with van der Waals surface area (Å²) in [6, 6.07) is 18.4. The van der Waals surface area contributed by atoms with Crippen LogP contribution in [-0.4, -0.2) is 71.1 Å². The molecule has 1 aliphatic heterocycles. The standard InChI is InChI=1S/C32H38N6O4S/c1-23-12-13-26(43-23)22-37-17-14-25-21-38(36-35-25)16-7-19-42-30-27(10-6-11-29(30)41-2)31(39)34-28(32(40)33-15-18-37)20-24-8-4-3-5-9-24/h3-6,8-13,21,28H,7,14-20,22H2,1-2H3,(H,33,40)(H,34,39)/t28-/m0/s1. The van der Waals surface area contributed by atoms with Crippen LogP contribution in [0.15, 0.2) is 66.9 Å². The second-order valence-corrected chi connectivity index (χ2v) is 11.9. The van der Waals surface area contributed by atoms with Crippen LogP contribution in [0, 0.1) is 6.92 Å². The van der Waals surface area contributed by atoms with Gasteiger partial charge in [0.25, 0.3) is 5.91 Å². The number of methoxy groups -OCH3 is 1. The first-order chi connectivity index (χ1) is 21.0. The van der Waals surface area contributed by atoms with Gasteiger partial charge in [0, 0.05) is 67.9 Å². The van der Waals surface area contributed by atoms with Crippen LogP contribution in [-0.2, 0) is 30.7 Å². The number of rotatable bonds is 5. The lowest BCUT2D eigenvalue weighted by atomic mass is 10.0. The molecule has 0 saturated carbocycles. The number of thiophene rings is 1. The Kier molecular flexibility index (Phi) is 10.4. The molecule has 0 saturated heterocycles. The zero-order valence-electron chi connectivity index (χ0n) is 24.6. The fourth-order valence-corrected chi connectivity index (χ4v) is 5.99. The van der Waals surface area contributed by atoms with Gasteiger partial charge in [-0.05, 0) is 36.8 Å². The van der Waals surface area contributed by atoms with Crippen molar-refractivity contribution < 1.29 is 19.1 Å². The number of fused-ring (bicyclic) bond motifs is 3. The molecule has 43 heavy (non-hydrogen) atoms. The van der Waals surface area contributed by atoms with Crippen molar-refractivity contribution in [3.63, 3.8) is 0 Å². The minimum atomic E-state index is -0.779. The molecular formula is C32H38N6O4S. The number of para-hydroxylation sites is 1. The summed E-state index contributed by atoms with van der Waals surface area (Å²) in [7, 11) is 1.54. The number of hydrogen-bond donors (Lipinski definition) is 2. The fourth-order valence-electron chi connectivity index (χ4n) is 5.06. The van der Waals surface area contributed by atoms with Crippen LogP contribution in [0.3, 0.4) is 0 Å². The smallest absolute Gasteiger partial charge is 0.255 e. The van der Waals surface area contributed by atoms with Gasteiger partial charge in [0.15, 0.2) is 11.5 Å². The van der Waals surface area contributed by atoms with Gasteiger partial charge in [0.1, 0.15) is 6.04 Å². The van der Waals surface area contributed by atoms with Gasteiger partial charge in [-0.25, -0.2) is 0 Å². The SMILES string of the molecule is COc1cccc2c1OCCCn1cc(nn1)CCN(Cc1ccc(C)s1)CCNC(=O)[C@H](Cc1ccccc1)NC2=O. The second kappa shape index (κ2) is 14.8. The maximum Gasteiger partial charge on any atom is 0.255 e. The van der Waals surface area contributed by atoms with Crippen molar-refractivity contribution >= 4 is 23.2 Å². The number of nitrogens with one attached hydrogen (secondary N) is 2. The molecule has 1 aliphatic rings. The molecule has 2 amide bonds. The lowest BCUT2D eigenvalue weighted by molar-refractivity contribution is -0.123. The Bertz CT molecular complexity index is 1500. The largest absolute Gasteiger partial charge is 0.493 e. The molecule has 4 aromatic rings. The molecule has 226 valence electrons. The number of carbonyl (C=O) groups is 2. The van der Waals surface area contributed by atoms with E-state index in [9.17, 15) is 9.59 Å². The summed E-state index contributed by atoms with van der Waals surface area (Å²) < 4.78 is 13.4. The molecule has 0 unspecified atom stereocenters. The lowest BCUT2D eigenvalue weighted by Crippen LogP contribution is -2.49. The van der Waals surface area contributed by atoms with Crippen molar-refractivity contribution in [2.75, 3.05) is 33.4 Å². The minimum Gasteiger partial charge on any atom is -0.493 e. The van der Waals surface area contributed by atoms with E-state index >= 15 is 0 Å². The number of nitrogens with zero attached hydrogens (tertiary/aromatic N) is 4. The third-order valence-corrected chi connectivity index (χ3v) is 8.28. The molecule has 10 nitrogen and oxygen atoms in total. The number of benzene rings is 2. The Morgan fingerprint density at radius 1 is 1.05 bits per heavy atom. The first-order valence-electron chi connectivity index (χ1n) is 14.6. The van der Waals surface area contributed by atoms with Gasteiger partial charge < -0.3 is 20.1 Å². The molecule has 0 radical (unpaired) electrons. The summed E-state index contributed by atoms with van der Waals surface area (Å²) >= 11 is 1.78. The van der Waals surface area contributed by atoms with E-state index in [1.165, 1.54) is 16.9 Å². The molecule has 2 N–H and O–H groups in total. The molecule has 11 heteroatoms. The summed E-state index contributed by atoms with van der Waals surface area (Å²) in [4.78, 5) is 32.1. The maximum absolute atomic E-state index is 13.6. The van der Waals surface area contributed by atoms with Gasteiger partial charge in [-0.15, -0.1) is 16.4 Å². The van der Waals surface area contributed by atoms with Gasteiger partial charge in [0.2, 0.25) is 5.91 Å². The van der Waals surface area contributed by atoms with Crippen molar-refractivity contribution in [3.8, 4) is 11.5 Å². The van der Waals surface area contributed by atoms with Crippen LogP contribution >= 0.6 is 11.3 Å². The topological polar surface area (TPSA) is 111 Å². The second-order valence-electron chi connectivity index (χ2n) is 10.6. The molecule has 2 aromatic carbocycles. The van der Waals surface area contributed by atoms with Crippen LogP contribution in [0.5, 0.6) is 11.5 Å². The Morgan fingerprint density at radius 3 is 2.70 bits per heavy atom. The molecule has 0 spiro atoms. The number of aromatic nitrogens is 3. The quantitative estimate of drug-likeness (QED) is 0.359. The minimum absolute atomic E-state index is 0.240. The fraction of sp³-hybridized carbons (Fsp3) is 0.375. The van der Waals surface area contributed by atoms with Crippen molar-refractivity contribution in [2.45, 2.75) is 45.3 Å². The van der Waals surface area contributed by atoms with Crippen LogP contribution in [0.2, 0.25) is 0 Å². The van der Waals surface area contributed by atoms with Crippen LogP contribution < -0.4 is 20.1 Å². The average Bonchev–Trinajstić information content (AvgIpc) is 3.65. The number of hydrogen-bond acceptors (Lipinski definition) is 8. The van der Waals surface area contributed by atoms with Gasteiger partial charge in [-0.2, -0.15) is 0 Å². The monoisotopic (exact) mass is 602 g/mol. The van der Waals surface area contributed by atoms with Crippen LogP contribution in [0.25, 0.3) is 0 Å². The molecule has 5 rings (SSSR count). The predicted molar refractivity (Wildman–Crippen MR) is 166 cm³/mol. The molecule has 1 atom stereocenters. The third-order valence-electron chi connectivity index (χ3n) is 7.30. The highest BCUT2D eigenvalue weighted by atomic mass is 32.1. The van der Waals surface area contributed by atoms with E-state index in [0.717, 1.165) is 30.8 Å². The van der Waals surface area contributed by atoms with Crippen LogP contribution in [0.1, 0.15) is 37.8 Å². The molecule has 0 aliphatic carbocycles. The summed E-state index contributed by atoms with van der Waals surface area (Å²) in [6.45, 7) is 5.71. The van der Waals surface area contributed by atoms with E-state index in [1.807, 2.05) is 41.2 Å². The number of ether oxygens (including phenoxy) is 2. The normalized spacial score (nSPS) is 17.4. The number of carbonyl (C=O) groups excluding carboxylic acids is 2. The average molecular weight is 603 g/mol. The Labute approximate surface area is 256 Å². The van der Waals surface area contributed by atoms with Crippen molar-refractivity contribution in [1.82, 2.24) is 30.5 Å². The van der Waals surface area contributed by atoms with Gasteiger partial charge >= 0.3 is 0 Å². The molecule has 2 aromatic heterocycles. The highest BCUT2D eigenvalue weighted by Gasteiger charge is 2.25. The molecule has 3 heterocycles. The van der Waals surface area contributed by atoms with Crippen molar-refractivity contribution in [2.24, 2.45) is 0 Å². The predicted octanol–water partition coefficient (Wildman–Crippen LogP) is 3.64. The van der Waals surface area contributed by atoms with E-state index in [4.69, 9.17) is 9.47 Å². The Balaban J connectivity index is 1.39. The van der Waals surface area contributed by atoms with E-state index in [0.29, 0.717) is 56.1 Å². The zero-order valence-corrected chi connectivity index (χ0v) is 25.4. The van der Waals surface area contributed by atoms with Crippen molar-refractivity contribution in [1.29, 1.82) is 0 Å². The highest BCUT2D eigenvalue weighted by molar-refractivity contribution is 7.11. The molecular weight excluding hydrogens is 564 g/mol. The zero-order chi connectivity index (χ0) is 30.0. The van der Waals surface area contributed by atoms with Gasteiger partial charge in [-0.1, -0.05) is 41.6 Å². The summed E-state index contributed by atoms with van der Waals surface area (Å²) in [5.41, 5.74) is 2.18. The van der Waals surface area contributed by atoms with E-state index in [1.54, 1.807) is 29.5 Å². The van der Waals surface area contributed by atoms with E-state index in [2.05, 4.69) is 44.9 Å². The highest BCUT2D eigenvalue weighted by Crippen LogP contribution is 2.31. The Hall–Kier alpha value is -4.22. The van der Waals surface area contributed by atoms with Gasteiger partial charge in [0.05, 0.1) is 25.0 Å². The van der Waals surface area contributed by atoms with Crippen molar-refractivity contribution in [3.05, 3.63) is 93.4 Å².